The van der Waals surface area contributed by atoms with Gasteiger partial charge in [0.25, 0.3) is 0 Å². The number of nitrogens with zero attached hydrogens (tertiary/aromatic N) is 1. The van der Waals surface area contributed by atoms with Gasteiger partial charge in [-0.3, -0.25) is 0 Å². The summed E-state index contributed by atoms with van der Waals surface area (Å²) in [5.41, 5.74) is 1.08. The maximum absolute atomic E-state index is 6.25. The Morgan fingerprint density at radius 3 is 2.70 bits per heavy atom. The second-order valence-corrected chi connectivity index (χ2v) is 6.63. The van der Waals surface area contributed by atoms with Crippen LogP contribution in [0.4, 0.5) is 0 Å². The van der Waals surface area contributed by atoms with Crippen molar-refractivity contribution in [3.05, 3.63) is 33.8 Å². The van der Waals surface area contributed by atoms with E-state index in [2.05, 4.69) is 24.1 Å². The quantitative estimate of drug-likeness (QED) is 0.867. The Morgan fingerprint density at radius 2 is 2.00 bits per heavy atom. The normalized spacial score (nSPS) is 19.2. The topological polar surface area (TPSA) is 15.3 Å². The van der Waals surface area contributed by atoms with Crippen molar-refractivity contribution in [3.63, 3.8) is 0 Å². The first kappa shape index (κ1) is 16.1. The summed E-state index contributed by atoms with van der Waals surface area (Å²) in [4.78, 5) is 2.54. The van der Waals surface area contributed by atoms with E-state index in [1.54, 1.807) is 0 Å². The molecule has 1 aromatic carbocycles. The lowest BCUT2D eigenvalue weighted by Crippen LogP contribution is -2.38. The molecule has 0 radical (unpaired) electrons. The van der Waals surface area contributed by atoms with E-state index in [4.69, 9.17) is 23.2 Å². The number of benzene rings is 1. The molecule has 1 fully saturated rings. The molecule has 2 rings (SSSR count). The molecule has 2 nitrogen and oxygen atoms in total. The van der Waals surface area contributed by atoms with Gasteiger partial charge in [-0.05, 0) is 50.4 Å². The average Bonchev–Trinajstić information content (AvgIpc) is 2.44. The number of nitrogens with one attached hydrogen (secondary N) is 1. The number of likely N-dealkylation sites (tertiary alicyclic amines) is 1. The molecule has 1 unspecified atom stereocenters. The zero-order valence-electron chi connectivity index (χ0n) is 12.3. The molecule has 1 atom stereocenters. The van der Waals surface area contributed by atoms with Crippen molar-refractivity contribution in [2.75, 3.05) is 26.2 Å². The van der Waals surface area contributed by atoms with E-state index in [0.29, 0.717) is 10.0 Å². The number of hydrogen-bond acceptors (Lipinski definition) is 2. The van der Waals surface area contributed by atoms with Crippen molar-refractivity contribution in [1.29, 1.82) is 0 Å². The van der Waals surface area contributed by atoms with Crippen LogP contribution in [0.2, 0.25) is 10.0 Å². The minimum absolute atomic E-state index is 0.227. The van der Waals surface area contributed by atoms with Gasteiger partial charge in [0.05, 0.1) is 10.0 Å². The lowest BCUT2D eigenvalue weighted by atomic mass is 9.99. The molecule has 0 saturated carbocycles. The number of hydrogen-bond donors (Lipinski definition) is 1. The molecule has 0 aromatic heterocycles. The zero-order chi connectivity index (χ0) is 14.5. The van der Waals surface area contributed by atoms with E-state index in [-0.39, 0.29) is 6.04 Å². The highest BCUT2D eigenvalue weighted by atomic mass is 35.5. The highest BCUT2D eigenvalue weighted by Gasteiger charge is 2.16. The van der Waals surface area contributed by atoms with Gasteiger partial charge in [-0.15, -0.1) is 0 Å². The summed E-state index contributed by atoms with van der Waals surface area (Å²) in [6, 6.07) is 6.04. The smallest absolute Gasteiger partial charge is 0.0639 e. The van der Waals surface area contributed by atoms with E-state index >= 15 is 0 Å². The second-order valence-electron chi connectivity index (χ2n) is 5.84. The summed E-state index contributed by atoms with van der Waals surface area (Å²) in [6.07, 6.45) is 2.66. The van der Waals surface area contributed by atoms with E-state index in [0.717, 1.165) is 24.6 Å². The molecule has 4 heteroatoms. The molecule has 1 saturated heterocycles. The summed E-state index contributed by atoms with van der Waals surface area (Å²) in [5, 5.41) is 4.84. The molecule has 0 amide bonds. The molecule has 1 aromatic rings. The van der Waals surface area contributed by atoms with Gasteiger partial charge in [-0.2, -0.15) is 0 Å². The Kier molecular flexibility index (Phi) is 6.16. The van der Waals surface area contributed by atoms with Gasteiger partial charge in [0.2, 0.25) is 0 Å². The zero-order valence-corrected chi connectivity index (χ0v) is 13.8. The standard InChI is InChI=1S/C16H24Cl2N2/c1-12-6-9-20(10-7-12)11-8-19-13(2)14-4-3-5-15(17)16(14)18/h3-5,12-13,19H,6-11H2,1-2H3. The van der Waals surface area contributed by atoms with Crippen LogP contribution in [0, 0.1) is 5.92 Å². The lowest BCUT2D eigenvalue weighted by molar-refractivity contribution is 0.191. The highest BCUT2D eigenvalue weighted by Crippen LogP contribution is 2.29. The van der Waals surface area contributed by atoms with Gasteiger partial charge in [-0.25, -0.2) is 0 Å². The number of rotatable bonds is 5. The van der Waals surface area contributed by atoms with Gasteiger partial charge in [0, 0.05) is 19.1 Å². The number of halogens is 2. The van der Waals surface area contributed by atoms with Crippen LogP contribution < -0.4 is 5.32 Å². The molecule has 0 aliphatic carbocycles. The fraction of sp³-hybridized carbons (Fsp3) is 0.625. The molecule has 1 aliphatic heterocycles. The van der Waals surface area contributed by atoms with Gasteiger partial charge in [0.1, 0.15) is 0 Å². The third-order valence-electron chi connectivity index (χ3n) is 4.20. The second kappa shape index (κ2) is 7.65. The van der Waals surface area contributed by atoms with Gasteiger partial charge >= 0.3 is 0 Å². The van der Waals surface area contributed by atoms with Crippen LogP contribution in [0.5, 0.6) is 0 Å². The summed E-state index contributed by atoms with van der Waals surface area (Å²) < 4.78 is 0. The third kappa shape index (κ3) is 4.36. The van der Waals surface area contributed by atoms with Crippen LogP contribution >= 0.6 is 23.2 Å². The molecule has 1 aliphatic rings. The Balaban J connectivity index is 1.77. The highest BCUT2D eigenvalue weighted by molar-refractivity contribution is 6.42. The molecular formula is C16H24Cl2N2. The average molecular weight is 315 g/mol. The van der Waals surface area contributed by atoms with E-state index in [9.17, 15) is 0 Å². The van der Waals surface area contributed by atoms with E-state index in [1.807, 2.05) is 18.2 Å². The van der Waals surface area contributed by atoms with Crippen molar-refractivity contribution in [2.24, 2.45) is 5.92 Å². The van der Waals surface area contributed by atoms with Gasteiger partial charge < -0.3 is 10.2 Å². The summed E-state index contributed by atoms with van der Waals surface area (Å²) in [6.45, 7) is 9.03. The fourth-order valence-corrected chi connectivity index (χ4v) is 3.16. The Morgan fingerprint density at radius 1 is 1.30 bits per heavy atom. The first-order chi connectivity index (χ1) is 9.58. The minimum Gasteiger partial charge on any atom is -0.309 e. The molecular weight excluding hydrogens is 291 g/mol. The van der Waals surface area contributed by atoms with Crippen molar-refractivity contribution in [3.8, 4) is 0 Å². The van der Waals surface area contributed by atoms with Crippen LogP contribution in [0.1, 0.15) is 38.3 Å². The Bertz CT molecular complexity index is 428. The van der Waals surface area contributed by atoms with Crippen molar-refractivity contribution in [1.82, 2.24) is 10.2 Å². The maximum atomic E-state index is 6.25. The Labute approximate surface area is 132 Å². The van der Waals surface area contributed by atoms with Crippen molar-refractivity contribution < 1.29 is 0 Å². The molecule has 112 valence electrons. The van der Waals surface area contributed by atoms with Crippen LogP contribution in [0.25, 0.3) is 0 Å². The summed E-state index contributed by atoms with van der Waals surface area (Å²) >= 11 is 12.3. The van der Waals surface area contributed by atoms with Crippen LogP contribution in [0.3, 0.4) is 0 Å². The Hall–Kier alpha value is -0.280. The van der Waals surface area contributed by atoms with E-state index in [1.165, 1.54) is 25.9 Å². The minimum atomic E-state index is 0.227. The van der Waals surface area contributed by atoms with Crippen LogP contribution in [-0.4, -0.2) is 31.1 Å². The summed E-state index contributed by atoms with van der Waals surface area (Å²) in [5.74, 6) is 0.892. The first-order valence-corrected chi connectivity index (χ1v) is 8.23. The monoisotopic (exact) mass is 314 g/mol. The van der Waals surface area contributed by atoms with Crippen molar-refractivity contribution >= 4 is 23.2 Å². The predicted molar refractivity (Wildman–Crippen MR) is 87.7 cm³/mol. The van der Waals surface area contributed by atoms with Crippen LogP contribution in [0.15, 0.2) is 18.2 Å². The molecule has 0 spiro atoms. The molecule has 20 heavy (non-hydrogen) atoms. The largest absolute Gasteiger partial charge is 0.309 e. The van der Waals surface area contributed by atoms with E-state index < -0.39 is 0 Å². The number of piperidine rings is 1. The third-order valence-corrected chi connectivity index (χ3v) is 5.04. The molecule has 0 bridgehead atoms. The fourth-order valence-electron chi connectivity index (χ4n) is 2.69. The predicted octanol–water partition coefficient (Wildman–Crippen LogP) is 4.38. The van der Waals surface area contributed by atoms with Gasteiger partial charge in [-0.1, -0.05) is 42.3 Å². The van der Waals surface area contributed by atoms with Gasteiger partial charge in [0.15, 0.2) is 0 Å². The lowest BCUT2D eigenvalue weighted by Gasteiger charge is -2.30. The molecule has 1 N–H and O–H groups in total. The summed E-state index contributed by atoms with van der Waals surface area (Å²) in [7, 11) is 0. The van der Waals surface area contributed by atoms with Crippen molar-refractivity contribution in [2.45, 2.75) is 32.7 Å². The van der Waals surface area contributed by atoms with Crippen LogP contribution in [-0.2, 0) is 0 Å². The maximum Gasteiger partial charge on any atom is 0.0639 e. The molecule has 1 heterocycles. The first-order valence-electron chi connectivity index (χ1n) is 7.47. The SMILES string of the molecule is CC1CCN(CCNC(C)c2cccc(Cl)c2Cl)CC1.